The lowest BCUT2D eigenvalue weighted by Crippen LogP contribution is -2.20. The third kappa shape index (κ3) is 2.41. The first-order chi connectivity index (χ1) is 8.76. The summed E-state index contributed by atoms with van der Waals surface area (Å²) in [6.45, 7) is 2.22. The third-order valence-electron chi connectivity index (χ3n) is 3.49. The first-order valence-electron chi connectivity index (χ1n) is 6.53. The van der Waals surface area contributed by atoms with Gasteiger partial charge in [0.1, 0.15) is 10.6 Å². The van der Waals surface area contributed by atoms with E-state index in [9.17, 15) is 0 Å². The van der Waals surface area contributed by atoms with Crippen molar-refractivity contribution in [1.82, 2.24) is 9.97 Å². The molecule has 96 valence electrons. The molecule has 18 heavy (non-hydrogen) atoms. The predicted octanol–water partition coefficient (Wildman–Crippen LogP) is 3.26. The van der Waals surface area contributed by atoms with E-state index in [1.54, 1.807) is 11.3 Å². The van der Waals surface area contributed by atoms with E-state index in [-0.39, 0.29) is 0 Å². The van der Waals surface area contributed by atoms with Crippen LogP contribution in [0.25, 0.3) is 10.2 Å². The molecular weight excluding hydrogens is 244 g/mol. The maximum absolute atomic E-state index is 5.76. The van der Waals surface area contributed by atoms with Gasteiger partial charge in [-0.25, -0.2) is 4.98 Å². The molecule has 3 rings (SSSR count). The molecule has 0 aliphatic heterocycles. The maximum Gasteiger partial charge on any atom is 0.223 e. The van der Waals surface area contributed by atoms with Gasteiger partial charge < -0.3 is 11.1 Å². The summed E-state index contributed by atoms with van der Waals surface area (Å²) in [6.07, 6.45) is 5.13. The van der Waals surface area contributed by atoms with Crippen LogP contribution < -0.4 is 11.1 Å². The number of thiophene rings is 1. The molecular formula is C13H18N4S. The Morgan fingerprint density at radius 3 is 3.06 bits per heavy atom. The highest BCUT2D eigenvalue weighted by atomic mass is 32.1. The summed E-state index contributed by atoms with van der Waals surface area (Å²) in [4.78, 5) is 9.56. The number of nitrogens with two attached hydrogens (primary N) is 1. The number of nitrogen functional groups attached to an aromatic ring is 1. The molecule has 2 heterocycles. The number of anilines is 2. The Hall–Kier alpha value is -1.36. The largest absolute Gasteiger partial charge is 0.368 e. The van der Waals surface area contributed by atoms with Crippen LogP contribution in [0.15, 0.2) is 11.4 Å². The van der Waals surface area contributed by atoms with Crippen LogP contribution in [0.1, 0.15) is 32.6 Å². The van der Waals surface area contributed by atoms with Crippen LogP contribution in [0.2, 0.25) is 0 Å². The fourth-order valence-electron chi connectivity index (χ4n) is 2.26. The van der Waals surface area contributed by atoms with Gasteiger partial charge in [-0.2, -0.15) is 4.98 Å². The monoisotopic (exact) mass is 262 g/mol. The molecule has 0 bridgehead atoms. The normalized spacial score (nSPS) is 16.9. The highest BCUT2D eigenvalue weighted by Crippen LogP contribution is 2.35. The smallest absolute Gasteiger partial charge is 0.223 e. The van der Waals surface area contributed by atoms with Gasteiger partial charge in [0.05, 0.1) is 5.39 Å². The van der Waals surface area contributed by atoms with Crippen LogP contribution in [0.3, 0.4) is 0 Å². The fraction of sp³-hybridized carbons (Fsp3) is 0.538. The number of rotatable bonds is 5. The average Bonchev–Trinajstić information content (AvgIpc) is 3.03. The zero-order chi connectivity index (χ0) is 12.5. The van der Waals surface area contributed by atoms with Crippen molar-refractivity contribution in [2.45, 2.75) is 38.6 Å². The van der Waals surface area contributed by atoms with E-state index >= 15 is 0 Å². The van der Waals surface area contributed by atoms with Crippen LogP contribution in [0.5, 0.6) is 0 Å². The Balaban J connectivity index is 1.85. The second-order valence-corrected chi connectivity index (χ2v) is 5.89. The molecule has 0 aromatic carbocycles. The molecule has 1 aliphatic rings. The summed E-state index contributed by atoms with van der Waals surface area (Å²) in [5.74, 6) is 2.17. The van der Waals surface area contributed by atoms with Crippen LogP contribution in [0.4, 0.5) is 11.8 Å². The summed E-state index contributed by atoms with van der Waals surface area (Å²) in [5, 5.41) is 6.67. The minimum absolute atomic E-state index is 0.355. The molecule has 2 aromatic rings. The highest BCUT2D eigenvalue weighted by molar-refractivity contribution is 7.16. The van der Waals surface area contributed by atoms with Crippen LogP contribution >= 0.6 is 11.3 Å². The standard InChI is InChI=1S/C13H18N4S/c1-2-9(7-8-3-4-8)15-11-10-5-6-18-12(10)17-13(14)16-11/h5-6,8-9H,2-4,7H2,1H3,(H3,14,15,16,17). The molecule has 0 amide bonds. The molecule has 1 fully saturated rings. The van der Waals surface area contributed by atoms with E-state index in [2.05, 4.69) is 28.3 Å². The molecule has 3 N–H and O–H groups in total. The summed E-state index contributed by atoms with van der Waals surface area (Å²) in [6, 6.07) is 2.56. The van der Waals surface area contributed by atoms with E-state index in [0.29, 0.717) is 12.0 Å². The van der Waals surface area contributed by atoms with Crippen molar-refractivity contribution in [3.8, 4) is 0 Å². The first-order valence-corrected chi connectivity index (χ1v) is 7.41. The Morgan fingerprint density at radius 1 is 1.50 bits per heavy atom. The van der Waals surface area contributed by atoms with Gasteiger partial charge in [0.15, 0.2) is 0 Å². The minimum atomic E-state index is 0.355. The van der Waals surface area contributed by atoms with Crippen molar-refractivity contribution in [2.24, 2.45) is 5.92 Å². The van der Waals surface area contributed by atoms with Crippen molar-refractivity contribution in [1.29, 1.82) is 0 Å². The maximum atomic E-state index is 5.76. The van der Waals surface area contributed by atoms with Crippen molar-refractivity contribution in [3.63, 3.8) is 0 Å². The average molecular weight is 262 g/mol. The number of aromatic nitrogens is 2. The second-order valence-electron chi connectivity index (χ2n) is 5.00. The molecule has 5 heteroatoms. The zero-order valence-electron chi connectivity index (χ0n) is 10.5. The van der Waals surface area contributed by atoms with E-state index in [0.717, 1.165) is 28.4 Å². The lowest BCUT2D eigenvalue weighted by Gasteiger charge is -2.17. The van der Waals surface area contributed by atoms with Crippen LogP contribution in [0, 0.1) is 5.92 Å². The molecule has 1 saturated carbocycles. The molecule has 0 radical (unpaired) electrons. The van der Waals surface area contributed by atoms with Crippen molar-refractivity contribution >= 4 is 33.3 Å². The number of nitrogens with one attached hydrogen (secondary N) is 1. The lowest BCUT2D eigenvalue weighted by molar-refractivity contribution is 0.586. The molecule has 4 nitrogen and oxygen atoms in total. The second kappa shape index (κ2) is 4.72. The van der Waals surface area contributed by atoms with E-state index in [1.165, 1.54) is 19.3 Å². The molecule has 1 atom stereocenters. The van der Waals surface area contributed by atoms with Gasteiger partial charge >= 0.3 is 0 Å². The van der Waals surface area contributed by atoms with Gasteiger partial charge in [-0.05, 0) is 30.2 Å². The third-order valence-corrected chi connectivity index (χ3v) is 4.30. The van der Waals surface area contributed by atoms with Gasteiger partial charge in [0.25, 0.3) is 0 Å². The Bertz CT molecular complexity index is 547. The van der Waals surface area contributed by atoms with Crippen LogP contribution in [-0.4, -0.2) is 16.0 Å². The Kier molecular flexibility index (Phi) is 3.07. The minimum Gasteiger partial charge on any atom is -0.368 e. The summed E-state index contributed by atoms with van der Waals surface area (Å²) in [7, 11) is 0. The Labute approximate surface area is 111 Å². The summed E-state index contributed by atoms with van der Waals surface area (Å²) < 4.78 is 0. The van der Waals surface area contributed by atoms with Crippen molar-refractivity contribution < 1.29 is 0 Å². The zero-order valence-corrected chi connectivity index (χ0v) is 11.3. The number of nitrogens with zero attached hydrogens (tertiary/aromatic N) is 2. The number of hydrogen-bond acceptors (Lipinski definition) is 5. The van der Waals surface area contributed by atoms with Crippen molar-refractivity contribution in [3.05, 3.63) is 11.4 Å². The van der Waals surface area contributed by atoms with Gasteiger partial charge in [-0.1, -0.05) is 19.8 Å². The van der Waals surface area contributed by atoms with Gasteiger partial charge in [-0.15, -0.1) is 11.3 Å². The number of fused-ring (bicyclic) bond motifs is 1. The van der Waals surface area contributed by atoms with Crippen molar-refractivity contribution in [2.75, 3.05) is 11.1 Å². The quantitative estimate of drug-likeness (QED) is 0.868. The molecule has 0 saturated heterocycles. The topological polar surface area (TPSA) is 63.8 Å². The Morgan fingerprint density at radius 2 is 2.33 bits per heavy atom. The van der Waals surface area contributed by atoms with Crippen LogP contribution in [-0.2, 0) is 0 Å². The number of hydrogen-bond donors (Lipinski definition) is 2. The molecule has 1 aliphatic carbocycles. The summed E-state index contributed by atoms with van der Waals surface area (Å²) >= 11 is 1.61. The lowest BCUT2D eigenvalue weighted by atomic mass is 10.1. The predicted molar refractivity (Wildman–Crippen MR) is 76.9 cm³/mol. The fourth-order valence-corrected chi connectivity index (χ4v) is 3.03. The van der Waals surface area contributed by atoms with Gasteiger partial charge in [0.2, 0.25) is 5.95 Å². The van der Waals surface area contributed by atoms with Gasteiger partial charge in [0, 0.05) is 6.04 Å². The van der Waals surface area contributed by atoms with E-state index in [1.807, 2.05) is 5.38 Å². The summed E-state index contributed by atoms with van der Waals surface area (Å²) in [5.41, 5.74) is 5.76. The first kappa shape index (κ1) is 11.7. The van der Waals surface area contributed by atoms with E-state index in [4.69, 9.17) is 5.73 Å². The molecule has 0 spiro atoms. The highest BCUT2D eigenvalue weighted by Gasteiger charge is 2.25. The SMILES string of the molecule is CCC(CC1CC1)Nc1nc(N)nc2sccc12. The van der Waals surface area contributed by atoms with E-state index < -0.39 is 0 Å². The molecule has 1 unspecified atom stereocenters. The molecule has 2 aromatic heterocycles. The van der Waals surface area contributed by atoms with Gasteiger partial charge in [-0.3, -0.25) is 0 Å².